The first kappa shape index (κ1) is 21.6. The molecule has 2 amide bonds. The first-order valence-electron chi connectivity index (χ1n) is 9.92. The van der Waals surface area contributed by atoms with E-state index in [1.165, 1.54) is 0 Å². The molecule has 7 heteroatoms. The van der Waals surface area contributed by atoms with Gasteiger partial charge in [-0.3, -0.25) is 0 Å². The molecule has 0 fully saturated rings. The standard InChI is InChI=1S/C21H30N2O5/c1-5-9-10-15-18(20(24)28-8-4)19(23-21(25)22-15)14-11-12-16(26-6-2)17(13-14)27-7-3/h11-13,19H,5-10H2,1-4H3,(H2,22,23,25). The molecule has 1 aromatic rings. The molecule has 1 atom stereocenters. The molecule has 0 saturated carbocycles. The highest BCUT2D eigenvalue weighted by Crippen LogP contribution is 2.35. The smallest absolute Gasteiger partial charge is 0.338 e. The Morgan fingerprint density at radius 1 is 1.04 bits per heavy atom. The zero-order valence-corrected chi connectivity index (χ0v) is 17.1. The SMILES string of the molecule is CCCCC1=C(C(=O)OCC)C(c2ccc(OCC)c(OCC)c2)NC(=O)N1. The van der Waals surface area contributed by atoms with Crippen LogP contribution < -0.4 is 20.1 Å². The van der Waals surface area contributed by atoms with Crippen molar-refractivity contribution in [1.82, 2.24) is 10.6 Å². The minimum atomic E-state index is -0.616. The summed E-state index contributed by atoms with van der Waals surface area (Å²) in [5.74, 6) is 0.770. The van der Waals surface area contributed by atoms with Crippen molar-refractivity contribution in [2.45, 2.75) is 53.0 Å². The maximum atomic E-state index is 12.7. The third-order valence-electron chi connectivity index (χ3n) is 4.33. The topological polar surface area (TPSA) is 85.9 Å². The predicted molar refractivity (Wildman–Crippen MR) is 106 cm³/mol. The second-order valence-corrected chi connectivity index (χ2v) is 6.32. The van der Waals surface area contributed by atoms with Crippen LogP contribution in [0.1, 0.15) is 58.6 Å². The number of rotatable bonds is 10. The monoisotopic (exact) mass is 390 g/mol. The first-order valence-corrected chi connectivity index (χ1v) is 9.92. The highest BCUT2D eigenvalue weighted by Gasteiger charge is 2.33. The molecule has 0 bridgehead atoms. The molecule has 0 saturated heterocycles. The Bertz CT molecular complexity index is 730. The number of unbranched alkanes of at least 4 members (excludes halogenated alkanes) is 1. The zero-order valence-electron chi connectivity index (χ0n) is 17.1. The molecule has 1 unspecified atom stereocenters. The number of carbonyl (C=O) groups excluding carboxylic acids is 2. The molecule has 1 aliphatic heterocycles. The number of hydrogen-bond donors (Lipinski definition) is 2. The second kappa shape index (κ2) is 10.6. The van der Waals surface area contributed by atoms with Crippen molar-refractivity contribution >= 4 is 12.0 Å². The van der Waals surface area contributed by atoms with Crippen LogP contribution >= 0.6 is 0 Å². The van der Waals surface area contributed by atoms with E-state index in [2.05, 4.69) is 17.6 Å². The summed E-state index contributed by atoms with van der Waals surface area (Å²) in [6.45, 7) is 8.87. The number of amides is 2. The number of urea groups is 1. The quantitative estimate of drug-likeness (QED) is 0.593. The van der Waals surface area contributed by atoms with Crippen molar-refractivity contribution in [2.75, 3.05) is 19.8 Å². The largest absolute Gasteiger partial charge is 0.490 e. The number of hydrogen-bond acceptors (Lipinski definition) is 5. The summed E-state index contributed by atoms with van der Waals surface area (Å²) in [5.41, 5.74) is 1.78. The molecule has 1 aliphatic rings. The lowest BCUT2D eigenvalue weighted by Gasteiger charge is -2.30. The first-order chi connectivity index (χ1) is 13.5. The molecular formula is C21H30N2O5. The second-order valence-electron chi connectivity index (χ2n) is 6.32. The van der Waals surface area contributed by atoms with Crippen LogP contribution in [0.25, 0.3) is 0 Å². The van der Waals surface area contributed by atoms with Crippen LogP contribution in [0, 0.1) is 0 Å². The Labute approximate surface area is 166 Å². The van der Waals surface area contributed by atoms with E-state index in [4.69, 9.17) is 14.2 Å². The molecule has 7 nitrogen and oxygen atoms in total. The minimum absolute atomic E-state index is 0.261. The number of nitrogens with one attached hydrogen (secondary N) is 2. The molecule has 0 spiro atoms. The number of carbonyl (C=O) groups is 2. The highest BCUT2D eigenvalue weighted by atomic mass is 16.5. The number of allylic oxidation sites excluding steroid dienone is 1. The van der Waals surface area contributed by atoms with E-state index >= 15 is 0 Å². The lowest BCUT2D eigenvalue weighted by molar-refractivity contribution is -0.139. The van der Waals surface area contributed by atoms with Crippen molar-refractivity contribution in [3.8, 4) is 11.5 Å². The van der Waals surface area contributed by atoms with E-state index in [0.29, 0.717) is 42.4 Å². The van der Waals surface area contributed by atoms with Crippen LogP contribution in [-0.4, -0.2) is 31.8 Å². The lowest BCUT2D eigenvalue weighted by atomic mass is 9.93. The van der Waals surface area contributed by atoms with Crippen molar-refractivity contribution in [3.05, 3.63) is 35.0 Å². The molecule has 2 N–H and O–H groups in total. The third kappa shape index (κ3) is 5.18. The van der Waals surface area contributed by atoms with Gasteiger partial charge in [0.15, 0.2) is 11.5 Å². The van der Waals surface area contributed by atoms with Crippen molar-refractivity contribution < 1.29 is 23.8 Å². The van der Waals surface area contributed by atoms with Gasteiger partial charge in [0.1, 0.15) is 0 Å². The summed E-state index contributed by atoms with van der Waals surface area (Å²) in [5, 5.41) is 5.63. The van der Waals surface area contributed by atoms with Crippen LogP contribution in [0.2, 0.25) is 0 Å². The van der Waals surface area contributed by atoms with E-state index < -0.39 is 12.0 Å². The number of benzene rings is 1. The predicted octanol–water partition coefficient (Wildman–Crippen LogP) is 3.85. The van der Waals surface area contributed by atoms with Gasteiger partial charge >= 0.3 is 12.0 Å². The van der Waals surface area contributed by atoms with E-state index in [9.17, 15) is 9.59 Å². The fraction of sp³-hybridized carbons (Fsp3) is 0.524. The third-order valence-corrected chi connectivity index (χ3v) is 4.33. The van der Waals surface area contributed by atoms with Gasteiger partial charge in [-0.25, -0.2) is 9.59 Å². The van der Waals surface area contributed by atoms with Crippen molar-refractivity contribution in [1.29, 1.82) is 0 Å². The van der Waals surface area contributed by atoms with Crippen LogP contribution in [0.4, 0.5) is 4.79 Å². The van der Waals surface area contributed by atoms with Crippen LogP contribution in [0.5, 0.6) is 11.5 Å². The van der Waals surface area contributed by atoms with E-state index in [-0.39, 0.29) is 12.6 Å². The van der Waals surface area contributed by atoms with Gasteiger partial charge in [0.25, 0.3) is 0 Å². The summed E-state index contributed by atoms with van der Waals surface area (Å²) in [6.07, 6.45) is 2.41. The number of ether oxygens (including phenoxy) is 3. The Balaban J connectivity index is 2.50. The van der Waals surface area contributed by atoms with Crippen molar-refractivity contribution in [3.63, 3.8) is 0 Å². The molecule has 0 aromatic heterocycles. The minimum Gasteiger partial charge on any atom is -0.490 e. The Hall–Kier alpha value is -2.70. The van der Waals surface area contributed by atoms with Gasteiger partial charge in [-0.1, -0.05) is 19.4 Å². The van der Waals surface area contributed by atoms with Crippen LogP contribution in [0.15, 0.2) is 29.5 Å². The van der Waals surface area contributed by atoms with Gasteiger partial charge < -0.3 is 24.8 Å². The normalized spacial score (nSPS) is 16.3. The fourth-order valence-corrected chi connectivity index (χ4v) is 3.12. The van der Waals surface area contributed by atoms with Gasteiger partial charge in [-0.05, 0) is 51.3 Å². The summed E-state index contributed by atoms with van der Waals surface area (Å²) >= 11 is 0. The van der Waals surface area contributed by atoms with Gasteiger partial charge in [0, 0.05) is 5.70 Å². The van der Waals surface area contributed by atoms with Crippen LogP contribution in [-0.2, 0) is 9.53 Å². The zero-order chi connectivity index (χ0) is 20.5. The van der Waals surface area contributed by atoms with Gasteiger partial charge in [0.05, 0.1) is 31.4 Å². The Morgan fingerprint density at radius 3 is 2.39 bits per heavy atom. The summed E-state index contributed by atoms with van der Waals surface area (Å²) in [6, 6.07) is 4.49. The molecule has 1 aromatic carbocycles. The van der Waals surface area contributed by atoms with E-state index in [0.717, 1.165) is 18.4 Å². The van der Waals surface area contributed by atoms with Crippen molar-refractivity contribution in [2.24, 2.45) is 0 Å². The molecule has 154 valence electrons. The molecular weight excluding hydrogens is 360 g/mol. The maximum absolute atomic E-state index is 12.7. The highest BCUT2D eigenvalue weighted by molar-refractivity contribution is 5.95. The average Bonchev–Trinajstić information content (AvgIpc) is 2.67. The van der Waals surface area contributed by atoms with Gasteiger partial charge in [-0.15, -0.1) is 0 Å². The fourth-order valence-electron chi connectivity index (χ4n) is 3.12. The van der Waals surface area contributed by atoms with E-state index in [1.54, 1.807) is 19.1 Å². The number of esters is 1. The van der Waals surface area contributed by atoms with Gasteiger partial charge in [-0.2, -0.15) is 0 Å². The average molecular weight is 390 g/mol. The van der Waals surface area contributed by atoms with E-state index in [1.807, 2.05) is 19.9 Å². The summed E-state index contributed by atoms with van der Waals surface area (Å²) in [4.78, 5) is 25.0. The lowest BCUT2D eigenvalue weighted by Crippen LogP contribution is -2.46. The Morgan fingerprint density at radius 2 is 1.75 bits per heavy atom. The summed E-state index contributed by atoms with van der Waals surface area (Å²) < 4.78 is 16.6. The molecule has 1 heterocycles. The Kier molecular flexibility index (Phi) is 8.17. The molecule has 2 rings (SSSR count). The maximum Gasteiger partial charge on any atom is 0.338 e. The molecule has 0 radical (unpaired) electrons. The molecule has 0 aliphatic carbocycles. The molecule has 28 heavy (non-hydrogen) atoms. The summed E-state index contributed by atoms with van der Waals surface area (Å²) in [7, 11) is 0. The van der Waals surface area contributed by atoms with Crippen LogP contribution in [0.3, 0.4) is 0 Å². The van der Waals surface area contributed by atoms with Gasteiger partial charge in [0.2, 0.25) is 0 Å².